The molecule has 3 heterocycles. The lowest BCUT2D eigenvalue weighted by atomic mass is 9.96. The molecule has 2 aliphatic rings. The van der Waals surface area contributed by atoms with Crippen molar-refractivity contribution in [2.45, 2.75) is 64.7 Å². The highest BCUT2D eigenvalue weighted by atomic mass is 35.5. The van der Waals surface area contributed by atoms with E-state index < -0.39 is 11.8 Å². The highest BCUT2D eigenvalue weighted by molar-refractivity contribution is 6.33. The van der Waals surface area contributed by atoms with Crippen molar-refractivity contribution in [2.24, 2.45) is 11.8 Å². The standard InChI is InChI=1S/C29H39ClFN3O5/c1-5-6-11-38-27-17-34(24(19(27)3)14-29(35)36)23-8-7-20(12-22(23)31)39-26-9-10-33(16-18(26)2)25-13-28(37-4)32-15-21(25)30/h7-8,12-13,15,18-19,24,26-27H,5-6,9-11,14,16-17H2,1-4H3,(H,35,36)/t18?,19-,24+,26?,27-/m0/s1. The number of benzene rings is 1. The van der Waals surface area contributed by atoms with Crippen LogP contribution < -0.4 is 19.3 Å². The van der Waals surface area contributed by atoms with Crippen molar-refractivity contribution in [1.29, 1.82) is 0 Å². The zero-order chi connectivity index (χ0) is 28.1. The van der Waals surface area contributed by atoms with Crippen molar-refractivity contribution < 1.29 is 28.5 Å². The molecule has 2 fully saturated rings. The molecule has 5 atom stereocenters. The molecule has 2 aromatic rings. The molecule has 0 spiro atoms. The third kappa shape index (κ3) is 6.87. The first kappa shape index (κ1) is 29.2. The van der Waals surface area contributed by atoms with Gasteiger partial charge in [0.15, 0.2) is 0 Å². The van der Waals surface area contributed by atoms with Crippen LogP contribution in [0.3, 0.4) is 0 Å². The molecule has 0 bridgehead atoms. The largest absolute Gasteiger partial charge is 0.490 e. The molecular formula is C29H39ClFN3O5. The topological polar surface area (TPSA) is 84.4 Å². The summed E-state index contributed by atoms with van der Waals surface area (Å²) in [6.45, 7) is 8.71. The minimum atomic E-state index is -0.904. The minimum Gasteiger partial charge on any atom is -0.490 e. The molecule has 10 heteroatoms. The van der Waals surface area contributed by atoms with Gasteiger partial charge in [-0.1, -0.05) is 38.8 Å². The Hall–Kier alpha value is -2.78. The number of unbranched alkanes of at least 4 members (excludes halogenated alkanes) is 1. The van der Waals surface area contributed by atoms with Crippen LogP contribution in [0, 0.1) is 17.7 Å². The molecule has 0 radical (unpaired) electrons. The molecule has 8 nitrogen and oxygen atoms in total. The van der Waals surface area contributed by atoms with E-state index in [0.29, 0.717) is 35.5 Å². The van der Waals surface area contributed by atoms with Gasteiger partial charge in [0.1, 0.15) is 17.7 Å². The number of aliphatic carboxylic acids is 1. The summed E-state index contributed by atoms with van der Waals surface area (Å²) in [5, 5.41) is 10.1. The average molecular weight is 564 g/mol. The molecule has 4 rings (SSSR count). The summed E-state index contributed by atoms with van der Waals surface area (Å²) in [4.78, 5) is 19.8. The average Bonchev–Trinajstić information content (AvgIpc) is 3.20. The van der Waals surface area contributed by atoms with Crippen LogP contribution in [0.1, 0.15) is 46.5 Å². The number of aromatic nitrogens is 1. The van der Waals surface area contributed by atoms with Crippen molar-refractivity contribution in [3.8, 4) is 11.6 Å². The third-order valence-corrected chi connectivity index (χ3v) is 8.18. The van der Waals surface area contributed by atoms with E-state index in [9.17, 15) is 9.90 Å². The highest BCUT2D eigenvalue weighted by Crippen LogP contribution is 2.37. The molecule has 2 aliphatic heterocycles. The monoisotopic (exact) mass is 563 g/mol. The SMILES string of the molecule is CCCCO[C@H]1CN(c2ccc(OC3CCN(c4cc(OC)ncc4Cl)CC3C)cc2F)[C@H](CC(=O)O)[C@@H]1C. The van der Waals surface area contributed by atoms with Gasteiger partial charge in [0.25, 0.3) is 0 Å². The van der Waals surface area contributed by atoms with Crippen LogP contribution in [0.4, 0.5) is 15.8 Å². The van der Waals surface area contributed by atoms with Crippen molar-refractivity contribution in [1.82, 2.24) is 4.98 Å². The lowest BCUT2D eigenvalue weighted by Gasteiger charge is -2.38. The lowest BCUT2D eigenvalue weighted by molar-refractivity contribution is -0.137. The van der Waals surface area contributed by atoms with Crippen LogP contribution in [0.15, 0.2) is 30.5 Å². The van der Waals surface area contributed by atoms with E-state index in [0.717, 1.165) is 38.0 Å². The molecule has 2 unspecified atom stereocenters. The van der Waals surface area contributed by atoms with E-state index in [1.165, 1.54) is 6.07 Å². The molecule has 0 amide bonds. The van der Waals surface area contributed by atoms with E-state index in [4.69, 9.17) is 25.8 Å². The Morgan fingerprint density at radius 3 is 2.67 bits per heavy atom. The predicted molar refractivity (Wildman–Crippen MR) is 150 cm³/mol. The van der Waals surface area contributed by atoms with Gasteiger partial charge in [-0.25, -0.2) is 9.37 Å². The van der Waals surface area contributed by atoms with E-state index in [-0.39, 0.29) is 36.5 Å². The van der Waals surface area contributed by atoms with Gasteiger partial charge in [-0.15, -0.1) is 0 Å². The second-order valence-electron chi connectivity index (χ2n) is 10.6. The van der Waals surface area contributed by atoms with Crippen molar-refractivity contribution in [3.63, 3.8) is 0 Å². The summed E-state index contributed by atoms with van der Waals surface area (Å²) >= 11 is 6.40. The van der Waals surface area contributed by atoms with Crippen LogP contribution in [-0.2, 0) is 9.53 Å². The number of carboxylic acids is 1. The maximum absolute atomic E-state index is 15.5. The van der Waals surface area contributed by atoms with Crippen LogP contribution in [0.2, 0.25) is 5.02 Å². The van der Waals surface area contributed by atoms with Gasteiger partial charge >= 0.3 is 5.97 Å². The summed E-state index contributed by atoms with van der Waals surface area (Å²) in [5.74, 6) is -0.232. The molecular weight excluding hydrogens is 525 g/mol. The van der Waals surface area contributed by atoms with Crippen molar-refractivity contribution in [2.75, 3.05) is 43.2 Å². The lowest BCUT2D eigenvalue weighted by Crippen LogP contribution is -2.44. The Kier molecular flexibility index (Phi) is 9.77. The van der Waals surface area contributed by atoms with Crippen molar-refractivity contribution >= 4 is 28.9 Å². The summed E-state index contributed by atoms with van der Waals surface area (Å²) < 4.78 is 33.0. The first-order chi connectivity index (χ1) is 18.7. The molecule has 0 aliphatic carbocycles. The number of halogens is 2. The van der Waals surface area contributed by atoms with Crippen LogP contribution in [0.5, 0.6) is 11.6 Å². The van der Waals surface area contributed by atoms with Crippen molar-refractivity contribution in [3.05, 3.63) is 41.3 Å². The number of hydrogen-bond donors (Lipinski definition) is 1. The van der Waals surface area contributed by atoms with Gasteiger partial charge < -0.3 is 29.1 Å². The number of hydrogen-bond acceptors (Lipinski definition) is 7. The molecule has 214 valence electrons. The maximum Gasteiger partial charge on any atom is 0.305 e. The number of methoxy groups -OCH3 is 1. The Bertz CT molecular complexity index is 1140. The molecule has 39 heavy (non-hydrogen) atoms. The number of rotatable bonds is 11. The molecule has 1 aromatic carbocycles. The molecule has 1 N–H and O–H groups in total. The van der Waals surface area contributed by atoms with Gasteiger partial charge in [0.05, 0.1) is 42.2 Å². The number of nitrogens with zero attached hydrogens (tertiary/aromatic N) is 3. The maximum atomic E-state index is 15.5. The fourth-order valence-electron chi connectivity index (χ4n) is 5.61. The van der Waals surface area contributed by atoms with Crippen LogP contribution >= 0.6 is 11.6 Å². The summed E-state index contributed by atoms with van der Waals surface area (Å²) in [5.41, 5.74) is 1.25. The van der Waals surface area contributed by atoms with E-state index in [1.54, 1.807) is 25.4 Å². The Morgan fingerprint density at radius 2 is 2.00 bits per heavy atom. The molecule has 1 aromatic heterocycles. The first-order valence-corrected chi connectivity index (χ1v) is 14.1. The Labute approximate surface area is 235 Å². The second kappa shape index (κ2) is 13.0. The second-order valence-corrected chi connectivity index (χ2v) is 11.0. The molecule has 2 saturated heterocycles. The number of ether oxygens (including phenoxy) is 3. The number of anilines is 2. The fourth-order valence-corrected chi connectivity index (χ4v) is 5.84. The quantitative estimate of drug-likeness (QED) is 0.351. The number of pyridine rings is 1. The third-order valence-electron chi connectivity index (χ3n) is 7.89. The highest BCUT2D eigenvalue weighted by Gasteiger charge is 2.41. The van der Waals surface area contributed by atoms with Crippen LogP contribution in [-0.4, -0.2) is 67.7 Å². The summed E-state index contributed by atoms with van der Waals surface area (Å²) in [6.07, 6.45) is 3.99. The number of carbonyl (C=O) groups is 1. The van der Waals surface area contributed by atoms with Gasteiger partial charge in [-0.05, 0) is 18.6 Å². The normalized spacial score (nSPS) is 25.1. The van der Waals surface area contributed by atoms with Crippen LogP contribution in [0.25, 0.3) is 0 Å². The number of piperidine rings is 1. The zero-order valence-corrected chi connectivity index (χ0v) is 23.9. The summed E-state index contributed by atoms with van der Waals surface area (Å²) in [6, 6.07) is 6.37. The van der Waals surface area contributed by atoms with Gasteiger partial charge in [-0.3, -0.25) is 4.79 Å². The van der Waals surface area contributed by atoms with Gasteiger partial charge in [0, 0.05) is 62.7 Å². The first-order valence-electron chi connectivity index (χ1n) is 13.7. The summed E-state index contributed by atoms with van der Waals surface area (Å²) in [7, 11) is 1.57. The van der Waals surface area contributed by atoms with E-state index in [2.05, 4.69) is 23.7 Å². The van der Waals surface area contributed by atoms with Gasteiger partial charge in [0.2, 0.25) is 5.88 Å². The predicted octanol–water partition coefficient (Wildman–Crippen LogP) is 5.66. The smallest absolute Gasteiger partial charge is 0.305 e. The van der Waals surface area contributed by atoms with E-state index in [1.807, 2.05) is 17.9 Å². The minimum absolute atomic E-state index is 0.0341. The van der Waals surface area contributed by atoms with E-state index >= 15 is 4.39 Å². The van der Waals surface area contributed by atoms with Gasteiger partial charge in [-0.2, -0.15) is 0 Å². The fraction of sp³-hybridized carbons (Fsp3) is 0.586. The Balaban J connectivity index is 1.43. The molecule has 0 saturated carbocycles. The zero-order valence-electron chi connectivity index (χ0n) is 23.1. The number of carboxylic acid groups (broad SMARTS) is 1. The Morgan fingerprint density at radius 1 is 1.21 bits per heavy atom.